The van der Waals surface area contributed by atoms with E-state index in [1.165, 1.54) is 12.0 Å². The lowest BCUT2D eigenvalue weighted by atomic mass is 10.1. The van der Waals surface area contributed by atoms with Crippen LogP contribution in [0.25, 0.3) is 0 Å². The Balaban J connectivity index is 1.91. The van der Waals surface area contributed by atoms with Crippen LogP contribution in [0.2, 0.25) is 0 Å². The molecule has 0 aliphatic carbocycles. The number of nitrogens with zero attached hydrogens (tertiary/aromatic N) is 3. The minimum absolute atomic E-state index is 0.150. The second-order valence-electron chi connectivity index (χ2n) is 5.75. The van der Waals surface area contributed by atoms with Crippen LogP contribution in [0.3, 0.4) is 0 Å². The number of carbonyl (C=O) groups excluding carboxylic acids is 1. The second-order valence-corrected chi connectivity index (χ2v) is 5.75. The van der Waals surface area contributed by atoms with Gasteiger partial charge in [-0.2, -0.15) is 5.10 Å². The van der Waals surface area contributed by atoms with Gasteiger partial charge in [0, 0.05) is 37.4 Å². The lowest BCUT2D eigenvalue weighted by Gasteiger charge is -2.27. The summed E-state index contributed by atoms with van der Waals surface area (Å²) in [6.45, 7) is 8.43. The van der Waals surface area contributed by atoms with Gasteiger partial charge in [-0.25, -0.2) is 0 Å². The van der Waals surface area contributed by atoms with Crippen molar-refractivity contribution in [1.82, 2.24) is 20.0 Å². The topological polar surface area (TPSA) is 50.2 Å². The largest absolute Gasteiger partial charge is 0.342 e. The highest BCUT2D eigenvalue weighted by atomic mass is 16.2. The van der Waals surface area contributed by atoms with E-state index in [0.29, 0.717) is 6.54 Å². The molecule has 1 atom stereocenters. The smallest absolute Gasteiger partial charge is 0.236 e. The normalized spacial score (nSPS) is 17.3. The molecule has 1 N–H and O–H groups in total. The van der Waals surface area contributed by atoms with Crippen LogP contribution in [0, 0.1) is 13.8 Å². The number of rotatable bonds is 4. The van der Waals surface area contributed by atoms with E-state index < -0.39 is 0 Å². The van der Waals surface area contributed by atoms with Gasteiger partial charge in [0.05, 0.1) is 12.2 Å². The Morgan fingerprint density at radius 1 is 1.30 bits per heavy atom. The van der Waals surface area contributed by atoms with E-state index in [-0.39, 0.29) is 11.9 Å². The highest BCUT2D eigenvalue weighted by Gasteiger charge is 2.19. The van der Waals surface area contributed by atoms with E-state index >= 15 is 0 Å². The van der Waals surface area contributed by atoms with Gasteiger partial charge in [-0.15, -0.1) is 0 Å². The summed E-state index contributed by atoms with van der Waals surface area (Å²) in [6.07, 6.45) is 3.53. The molecule has 1 fully saturated rings. The van der Waals surface area contributed by atoms with Crippen LogP contribution in [0.1, 0.15) is 49.2 Å². The number of likely N-dealkylation sites (tertiary alicyclic amines) is 1. The molecule has 5 nitrogen and oxygen atoms in total. The zero-order valence-corrected chi connectivity index (χ0v) is 13.1. The van der Waals surface area contributed by atoms with Crippen molar-refractivity contribution in [3.63, 3.8) is 0 Å². The Kier molecular flexibility index (Phi) is 4.81. The quantitative estimate of drug-likeness (QED) is 0.912. The maximum absolute atomic E-state index is 12.2. The number of carbonyl (C=O) groups is 1. The minimum atomic E-state index is 0.150. The van der Waals surface area contributed by atoms with Crippen LogP contribution in [-0.4, -0.2) is 40.2 Å². The molecule has 1 unspecified atom stereocenters. The first-order valence-corrected chi connectivity index (χ1v) is 7.52. The van der Waals surface area contributed by atoms with Crippen molar-refractivity contribution in [2.75, 3.05) is 19.6 Å². The number of piperidine rings is 1. The molecule has 1 amide bonds. The Morgan fingerprint density at radius 3 is 2.50 bits per heavy atom. The van der Waals surface area contributed by atoms with E-state index in [2.05, 4.69) is 24.3 Å². The molecule has 1 aromatic rings. The summed E-state index contributed by atoms with van der Waals surface area (Å²) in [6, 6.07) is 0.150. The van der Waals surface area contributed by atoms with Crippen molar-refractivity contribution in [3.8, 4) is 0 Å². The molecule has 1 aromatic heterocycles. The lowest BCUT2D eigenvalue weighted by molar-refractivity contribution is -0.131. The van der Waals surface area contributed by atoms with Crippen molar-refractivity contribution >= 4 is 5.91 Å². The van der Waals surface area contributed by atoms with Gasteiger partial charge in [-0.05, 0) is 40.0 Å². The Bertz CT molecular complexity index is 474. The summed E-state index contributed by atoms with van der Waals surface area (Å²) in [5.74, 6) is 0.218. The molecule has 1 saturated heterocycles. The van der Waals surface area contributed by atoms with Crippen molar-refractivity contribution in [2.24, 2.45) is 7.05 Å². The highest BCUT2D eigenvalue weighted by Crippen LogP contribution is 2.20. The molecule has 0 saturated carbocycles. The van der Waals surface area contributed by atoms with Crippen molar-refractivity contribution in [3.05, 3.63) is 17.0 Å². The summed E-state index contributed by atoms with van der Waals surface area (Å²) < 4.78 is 1.90. The number of aryl methyl sites for hydroxylation is 2. The van der Waals surface area contributed by atoms with Crippen molar-refractivity contribution < 1.29 is 4.79 Å². The molecule has 112 valence electrons. The minimum Gasteiger partial charge on any atom is -0.342 e. The van der Waals surface area contributed by atoms with Crippen LogP contribution in [0.4, 0.5) is 0 Å². The number of hydrogen-bond acceptors (Lipinski definition) is 3. The average molecular weight is 278 g/mol. The van der Waals surface area contributed by atoms with Gasteiger partial charge in [-0.3, -0.25) is 9.48 Å². The predicted octanol–water partition coefficient (Wildman–Crippen LogP) is 1.70. The third-order valence-corrected chi connectivity index (χ3v) is 4.27. The van der Waals surface area contributed by atoms with Gasteiger partial charge in [0.25, 0.3) is 0 Å². The first-order chi connectivity index (χ1) is 9.50. The molecular weight excluding hydrogens is 252 g/mol. The van der Waals surface area contributed by atoms with Crippen molar-refractivity contribution in [2.45, 2.75) is 46.1 Å². The number of aromatic nitrogens is 2. The predicted molar refractivity (Wildman–Crippen MR) is 79.5 cm³/mol. The summed E-state index contributed by atoms with van der Waals surface area (Å²) in [7, 11) is 1.96. The zero-order chi connectivity index (χ0) is 14.7. The third kappa shape index (κ3) is 3.20. The van der Waals surface area contributed by atoms with Crippen LogP contribution in [0.15, 0.2) is 0 Å². The van der Waals surface area contributed by atoms with E-state index in [4.69, 9.17) is 0 Å². The van der Waals surface area contributed by atoms with Crippen LogP contribution < -0.4 is 5.32 Å². The second kappa shape index (κ2) is 6.39. The molecule has 1 aliphatic rings. The fourth-order valence-electron chi connectivity index (χ4n) is 3.01. The molecule has 20 heavy (non-hydrogen) atoms. The standard InChI is InChI=1S/C15H26N4O/c1-11(15-12(2)17-18(4)13(15)3)16-10-14(20)19-8-6-5-7-9-19/h11,16H,5-10H2,1-4H3. The fourth-order valence-corrected chi connectivity index (χ4v) is 3.01. The van der Waals surface area contributed by atoms with E-state index in [1.807, 2.05) is 23.6 Å². The number of amides is 1. The third-order valence-electron chi connectivity index (χ3n) is 4.27. The fraction of sp³-hybridized carbons (Fsp3) is 0.733. The number of nitrogens with one attached hydrogen (secondary N) is 1. The first-order valence-electron chi connectivity index (χ1n) is 7.52. The first kappa shape index (κ1) is 15.0. The van der Waals surface area contributed by atoms with Gasteiger partial charge >= 0.3 is 0 Å². The molecule has 2 rings (SSSR count). The highest BCUT2D eigenvalue weighted by molar-refractivity contribution is 5.78. The van der Waals surface area contributed by atoms with Gasteiger partial charge < -0.3 is 10.2 Å². The molecule has 1 aliphatic heterocycles. The van der Waals surface area contributed by atoms with E-state index in [9.17, 15) is 4.79 Å². The number of hydrogen-bond donors (Lipinski definition) is 1. The average Bonchev–Trinajstić information content (AvgIpc) is 2.70. The SMILES string of the molecule is Cc1nn(C)c(C)c1C(C)NCC(=O)N1CCCCC1. The maximum Gasteiger partial charge on any atom is 0.236 e. The molecule has 0 spiro atoms. The summed E-state index contributed by atoms with van der Waals surface area (Å²) in [5.41, 5.74) is 3.40. The summed E-state index contributed by atoms with van der Waals surface area (Å²) >= 11 is 0. The van der Waals surface area contributed by atoms with Crippen LogP contribution >= 0.6 is 0 Å². The molecule has 2 heterocycles. The van der Waals surface area contributed by atoms with Crippen molar-refractivity contribution in [1.29, 1.82) is 0 Å². The van der Waals surface area contributed by atoms with Gasteiger partial charge in [-0.1, -0.05) is 0 Å². The monoisotopic (exact) mass is 278 g/mol. The maximum atomic E-state index is 12.2. The Hall–Kier alpha value is -1.36. The van der Waals surface area contributed by atoms with Crippen LogP contribution in [-0.2, 0) is 11.8 Å². The Labute approximate surface area is 121 Å². The van der Waals surface area contributed by atoms with E-state index in [0.717, 1.165) is 37.3 Å². The van der Waals surface area contributed by atoms with Gasteiger partial charge in [0.2, 0.25) is 5.91 Å². The summed E-state index contributed by atoms with van der Waals surface area (Å²) in [4.78, 5) is 14.1. The molecule has 5 heteroatoms. The van der Waals surface area contributed by atoms with Gasteiger partial charge in [0.15, 0.2) is 0 Å². The van der Waals surface area contributed by atoms with E-state index in [1.54, 1.807) is 0 Å². The zero-order valence-electron chi connectivity index (χ0n) is 13.1. The molecular formula is C15H26N4O. The van der Waals surface area contributed by atoms with Gasteiger partial charge in [0.1, 0.15) is 0 Å². The Morgan fingerprint density at radius 2 is 1.95 bits per heavy atom. The molecule has 0 bridgehead atoms. The molecule has 0 radical (unpaired) electrons. The summed E-state index contributed by atoms with van der Waals surface area (Å²) in [5, 5.41) is 7.78. The lowest BCUT2D eigenvalue weighted by Crippen LogP contribution is -2.41. The van der Waals surface area contributed by atoms with Crippen LogP contribution in [0.5, 0.6) is 0 Å². The molecule has 0 aromatic carbocycles.